The lowest BCUT2D eigenvalue weighted by molar-refractivity contribution is -0.120. The van der Waals surface area contributed by atoms with Crippen molar-refractivity contribution in [3.8, 4) is 0 Å². The summed E-state index contributed by atoms with van der Waals surface area (Å²) >= 11 is 6.05. The van der Waals surface area contributed by atoms with Gasteiger partial charge >= 0.3 is 0 Å². The second-order valence-corrected chi connectivity index (χ2v) is 7.82. The van der Waals surface area contributed by atoms with Crippen LogP contribution in [0.1, 0.15) is 18.1 Å². The van der Waals surface area contributed by atoms with E-state index in [1.54, 1.807) is 12.1 Å². The lowest BCUT2D eigenvalue weighted by Crippen LogP contribution is -2.47. The molecule has 0 spiro atoms. The van der Waals surface area contributed by atoms with Crippen molar-refractivity contribution in [1.29, 1.82) is 0 Å². The molecule has 2 aliphatic rings. The molecule has 2 aromatic carbocycles. The molecule has 2 aliphatic heterocycles. The van der Waals surface area contributed by atoms with Crippen molar-refractivity contribution < 1.29 is 9.59 Å². The van der Waals surface area contributed by atoms with Crippen LogP contribution in [0, 0.1) is 6.92 Å². The number of carbonyl (C=O) groups is 2. The van der Waals surface area contributed by atoms with Crippen LogP contribution in [-0.2, 0) is 9.59 Å². The zero-order valence-corrected chi connectivity index (χ0v) is 17.4. The fourth-order valence-corrected chi connectivity index (χ4v) is 4.14. The third-order valence-electron chi connectivity index (χ3n) is 5.68. The van der Waals surface area contributed by atoms with Crippen LogP contribution in [0.3, 0.4) is 0 Å². The summed E-state index contributed by atoms with van der Waals surface area (Å²) in [6, 6.07) is 14.6. The molecule has 0 radical (unpaired) electrons. The summed E-state index contributed by atoms with van der Waals surface area (Å²) in [7, 11) is 0. The van der Waals surface area contributed by atoms with Crippen LogP contribution in [-0.4, -0.2) is 54.3 Å². The van der Waals surface area contributed by atoms with Gasteiger partial charge in [0.15, 0.2) is 0 Å². The average Bonchev–Trinajstić information content (AvgIpc) is 2.99. The number of piperazine rings is 1. The van der Waals surface area contributed by atoms with E-state index in [2.05, 4.69) is 16.7 Å². The van der Waals surface area contributed by atoms with Gasteiger partial charge in [-0.1, -0.05) is 48.9 Å². The molecule has 1 saturated heterocycles. The third-order valence-corrected chi connectivity index (χ3v) is 5.94. The van der Waals surface area contributed by atoms with Crippen LogP contribution in [0.5, 0.6) is 0 Å². The molecular formula is C23H24ClN3O2. The Morgan fingerprint density at radius 3 is 2.17 bits per heavy atom. The molecule has 0 aliphatic carbocycles. The molecule has 0 aromatic heterocycles. The lowest BCUT2D eigenvalue weighted by Gasteiger charge is -2.36. The van der Waals surface area contributed by atoms with Crippen LogP contribution in [0.4, 0.5) is 5.69 Å². The van der Waals surface area contributed by atoms with Crippen molar-refractivity contribution in [3.63, 3.8) is 0 Å². The summed E-state index contributed by atoms with van der Waals surface area (Å²) in [4.78, 5) is 32.8. The maximum Gasteiger partial charge on any atom is 0.282 e. The molecule has 4 rings (SSSR count). The van der Waals surface area contributed by atoms with E-state index in [4.69, 9.17) is 11.6 Å². The molecule has 0 unspecified atom stereocenters. The first-order valence-corrected chi connectivity index (χ1v) is 10.3. The third kappa shape index (κ3) is 3.56. The molecule has 6 heteroatoms. The molecule has 2 heterocycles. The average molecular weight is 410 g/mol. The fourth-order valence-electron chi connectivity index (χ4n) is 4.01. The van der Waals surface area contributed by atoms with Gasteiger partial charge < -0.3 is 9.80 Å². The number of nitrogens with zero attached hydrogens (tertiary/aromatic N) is 3. The van der Waals surface area contributed by atoms with E-state index in [-0.39, 0.29) is 11.8 Å². The van der Waals surface area contributed by atoms with E-state index in [1.165, 1.54) is 4.90 Å². The zero-order chi connectivity index (χ0) is 20.5. The highest BCUT2D eigenvalue weighted by molar-refractivity contribution is 6.45. The molecule has 0 atom stereocenters. The predicted octanol–water partition coefficient (Wildman–Crippen LogP) is 3.57. The van der Waals surface area contributed by atoms with Gasteiger partial charge in [-0.15, -0.1) is 0 Å². The molecule has 0 N–H and O–H groups in total. The lowest BCUT2D eigenvalue weighted by atomic mass is 10.0. The number of halogens is 1. The van der Waals surface area contributed by atoms with E-state index in [0.717, 1.165) is 43.9 Å². The van der Waals surface area contributed by atoms with Crippen LogP contribution in [0.15, 0.2) is 54.2 Å². The van der Waals surface area contributed by atoms with Gasteiger partial charge in [-0.05, 0) is 42.8 Å². The Balaban J connectivity index is 1.79. The van der Waals surface area contributed by atoms with Crippen molar-refractivity contribution in [1.82, 2.24) is 9.80 Å². The van der Waals surface area contributed by atoms with Gasteiger partial charge in [-0.2, -0.15) is 0 Å². The van der Waals surface area contributed by atoms with Crippen LogP contribution < -0.4 is 4.90 Å². The summed E-state index contributed by atoms with van der Waals surface area (Å²) in [6.45, 7) is 8.23. The molecule has 2 aromatic rings. The first-order valence-electron chi connectivity index (χ1n) is 9.93. The second-order valence-electron chi connectivity index (χ2n) is 7.38. The maximum atomic E-state index is 13.5. The summed E-state index contributed by atoms with van der Waals surface area (Å²) in [5, 5.41) is 0.597. The quantitative estimate of drug-likeness (QED) is 0.724. The van der Waals surface area contributed by atoms with Gasteiger partial charge in [0.25, 0.3) is 11.8 Å². The summed E-state index contributed by atoms with van der Waals surface area (Å²) in [6.07, 6.45) is 0. The van der Waals surface area contributed by atoms with Gasteiger partial charge in [0, 0.05) is 31.2 Å². The maximum absolute atomic E-state index is 13.5. The molecule has 5 nitrogen and oxygen atoms in total. The van der Waals surface area contributed by atoms with Gasteiger partial charge in [0.1, 0.15) is 5.70 Å². The largest absolute Gasteiger partial charge is 0.364 e. The number of hydrogen-bond acceptors (Lipinski definition) is 4. The van der Waals surface area contributed by atoms with Crippen molar-refractivity contribution in [2.75, 3.05) is 37.6 Å². The van der Waals surface area contributed by atoms with Crippen molar-refractivity contribution >= 4 is 34.7 Å². The van der Waals surface area contributed by atoms with Gasteiger partial charge in [-0.3, -0.25) is 9.59 Å². The number of anilines is 1. The van der Waals surface area contributed by atoms with Crippen molar-refractivity contribution in [2.45, 2.75) is 13.8 Å². The number of likely N-dealkylation sites (N-methyl/N-ethyl adjacent to an activating group) is 1. The Kier molecular flexibility index (Phi) is 5.43. The first-order chi connectivity index (χ1) is 14.0. The minimum absolute atomic E-state index is 0.251. The van der Waals surface area contributed by atoms with E-state index in [1.807, 2.05) is 43.3 Å². The Morgan fingerprint density at radius 1 is 0.897 bits per heavy atom. The summed E-state index contributed by atoms with van der Waals surface area (Å²) < 4.78 is 0. The summed E-state index contributed by atoms with van der Waals surface area (Å²) in [5.41, 5.74) is 3.20. The number of rotatable bonds is 4. The fraction of sp³-hybridized carbons (Fsp3) is 0.304. The molecule has 150 valence electrons. The highest BCUT2D eigenvalue weighted by atomic mass is 35.5. The topological polar surface area (TPSA) is 43.9 Å². The highest BCUT2D eigenvalue weighted by Gasteiger charge is 2.43. The van der Waals surface area contributed by atoms with Crippen LogP contribution in [0.2, 0.25) is 5.02 Å². The number of imide groups is 1. The van der Waals surface area contributed by atoms with Gasteiger partial charge in [0.05, 0.1) is 11.3 Å². The highest BCUT2D eigenvalue weighted by Crippen LogP contribution is 2.36. The number of para-hydroxylation sites is 1. The minimum Gasteiger partial charge on any atom is -0.364 e. The van der Waals surface area contributed by atoms with E-state index < -0.39 is 0 Å². The Hall–Kier alpha value is -2.63. The van der Waals surface area contributed by atoms with Crippen LogP contribution >= 0.6 is 11.6 Å². The smallest absolute Gasteiger partial charge is 0.282 e. The molecule has 29 heavy (non-hydrogen) atoms. The standard InChI is InChI=1S/C23H24ClN3O2/c1-3-25-12-14-26(15-13-25)21-20(17-8-10-18(24)11-9-17)22(28)27(23(21)29)19-7-5-4-6-16(19)2/h4-11H,3,12-15H2,1-2H3. The minimum atomic E-state index is -0.278. The SMILES string of the molecule is CCN1CCN(C2=C(c3ccc(Cl)cc3)C(=O)N(c3ccccc3C)C2=O)CC1. The molecule has 0 bridgehead atoms. The zero-order valence-electron chi connectivity index (χ0n) is 16.7. The first kappa shape index (κ1) is 19.7. The number of aryl methyl sites for hydroxylation is 1. The second kappa shape index (κ2) is 8.01. The Morgan fingerprint density at radius 2 is 1.55 bits per heavy atom. The van der Waals surface area contributed by atoms with Crippen molar-refractivity contribution in [3.05, 3.63) is 70.4 Å². The predicted molar refractivity (Wildman–Crippen MR) is 116 cm³/mol. The monoisotopic (exact) mass is 409 g/mol. The summed E-state index contributed by atoms with van der Waals surface area (Å²) in [5.74, 6) is -0.529. The van der Waals surface area contributed by atoms with Crippen LogP contribution in [0.25, 0.3) is 5.57 Å². The van der Waals surface area contributed by atoms with E-state index in [0.29, 0.717) is 22.0 Å². The molecule has 2 amide bonds. The number of carbonyl (C=O) groups excluding carboxylic acids is 2. The number of benzene rings is 2. The van der Waals surface area contributed by atoms with E-state index >= 15 is 0 Å². The van der Waals surface area contributed by atoms with Crippen molar-refractivity contribution in [2.24, 2.45) is 0 Å². The number of amides is 2. The van der Waals surface area contributed by atoms with Gasteiger partial charge in [0.2, 0.25) is 0 Å². The Bertz CT molecular complexity index is 976. The van der Waals surface area contributed by atoms with E-state index in [9.17, 15) is 9.59 Å². The Labute approximate surface area is 176 Å². The normalized spacial score (nSPS) is 18.2. The number of hydrogen-bond donors (Lipinski definition) is 0. The van der Waals surface area contributed by atoms with Gasteiger partial charge in [-0.25, -0.2) is 4.90 Å². The molecule has 1 fully saturated rings. The molecule has 0 saturated carbocycles. The molecular weight excluding hydrogens is 386 g/mol.